The summed E-state index contributed by atoms with van der Waals surface area (Å²) in [4.78, 5) is 7.28. The molecule has 2 rings (SSSR count). The van der Waals surface area contributed by atoms with Gasteiger partial charge >= 0.3 is 0 Å². The zero-order valence-electron chi connectivity index (χ0n) is 5.42. The van der Waals surface area contributed by atoms with Gasteiger partial charge < -0.3 is 4.98 Å². The molecular formula is C7H7N2S. The number of fused-ring (bicyclic) bond motifs is 1. The highest BCUT2D eigenvalue weighted by Gasteiger charge is 1.99. The van der Waals surface area contributed by atoms with E-state index in [0.717, 1.165) is 17.8 Å². The molecule has 0 saturated heterocycles. The fourth-order valence-corrected chi connectivity index (χ4v) is 1.63. The van der Waals surface area contributed by atoms with Crippen molar-refractivity contribution in [2.45, 2.75) is 6.42 Å². The van der Waals surface area contributed by atoms with E-state index >= 15 is 0 Å². The Balaban J connectivity index is 2.67. The summed E-state index contributed by atoms with van der Waals surface area (Å²) in [6.45, 7) is 3.78. The fraction of sp³-hybridized carbons (Fsp3) is 0.143. The molecule has 0 aliphatic carbocycles. The molecule has 2 nitrogen and oxygen atoms in total. The summed E-state index contributed by atoms with van der Waals surface area (Å²) in [5, 5.41) is 0. The van der Waals surface area contributed by atoms with Crippen LogP contribution in [0.25, 0.3) is 10.3 Å². The van der Waals surface area contributed by atoms with E-state index in [-0.39, 0.29) is 0 Å². The Morgan fingerprint density at radius 2 is 2.60 bits per heavy atom. The quantitative estimate of drug-likeness (QED) is 0.663. The van der Waals surface area contributed by atoms with Crippen LogP contribution in [0, 0.1) is 6.92 Å². The molecule has 0 fully saturated rings. The van der Waals surface area contributed by atoms with Gasteiger partial charge in [0.15, 0.2) is 0 Å². The predicted molar refractivity (Wildman–Crippen MR) is 43.0 cm³/mol. The van der Waals surface area contributed by atoms with Crippen molar-refractivity contribution >= 4 is 21.7 Å². The van der Waals surface area contributed by atoms with Gasteiger partial charge in [0, 0.05) is 5.69 Å². The van der Waals surface area contributed by atoms with E-state index in [1.807, 2.05) is 5.51 Å². The molecule has 0 atom stereocenters. The van der Waals surface area contributed by atoms with Gasteiger partial charge in [-0.25, -0.2) is 4.98 Å². The Hall–Kier alpha value is -0.830. The Morgan fingerprint density at radius 1 is 1.70 bits per heavy atom. The molecule has 0 spiro atoms. The van der Waals surface area contributed by atoms with Crippen molar-refractivity contribution < 1.29 is 0 Å². The number of thiazole rings is 1. The van der Waals surface area contributed by atoms with E-state index in [9.17, 15) is 0 Å². The van der Waals surface area contributed by atoms with Crippen LogP contribution in [-0.2, 0) is 6.42 Å². The van der Waals surface area contributed by atoms with Crippen molar-refractivity contribution in [2.75, 3.05) is 0 Å². The van der Waals surface area contributed by atoms with E-state index in [1.165, 1.54) is 4.70 Å². The lowest BCUT2D eigenvalue weighted by Crippen LogP contribution is -1.76. The van der Waals surface area contributed by atoms with Crippen LogP contribution in [0.5, 0.6) is 0 Å². The van der Waals surface area contributed by atoms with E-state index < -0.39 is 0 Å². The maximum atomic E-state index is 4.12. The Bertz CT molecular complexity index is 305. The minimum absolute atomic E-state index is 0.809. The summed E-state index contributed by atoms with van der Waals surface area (Å²) in [6.07, 6.45) is 0.809. The molecule has 0 bridgehead atoms. The maximum Gasteiger partial charge on any atom is 0.148 e. The van der Waals surface area contributed by atoms with Gasteiger partial charge in [-0.05, 0) is 19.4 Å². The van der Waals surface area contributed by atoms with Gasteiger partial charge in [0.1, 0.15) is 5.65 Å². The molecule has 0 amide bonds. The summed E-state index contributed by atoms with van der Waals surface area (Å²) in [7, 11) is 0. The van der Waals surface area contributed by atoms with Gasteiger partial charge in [-0.2, -0.15) is 0 Å². The third-order valence-electron chi connectivity index (χ3n) is 1.45. The number of nitrogens with zero attached hydrogens (tertiary/aromatic N) is 1. The van der Waals surface area contributed by atoms with Gasteiger partial charge in [0.25, 0.3) is 0 Å². The van der Waals surface area contributed by atoms with Crippen LogP contribution >= 0.6 is 11.3 Å². The van der Waals surface area contributed by atoms with Crippen molar-refractivity contribution in [1.29, 1.82) is 0 Å². The van der Waals surface area contributed by atoms with Crippen LogP contribution in [0.1, 0.15) is 5.69 Å². The minimum Gasteiger partial charge on any atom is -0.343 e. The third kappa shape index (κ3) is 0.743. The van der Waals surface area contributed by atoms with Gasteiger partial charge in [-0.15, -0.1) is 11.3 Å². The van der Waals surface area contributed by atoms with Crippen LogP contribution in [0.4, 0.5) is 0 Å². The molecule has 0 saturated carbocycles. The molecule has 2 aromatic rings. The topological polar surface area (TPSA) is 28.7 Å². The number of rotatable bonds is 1. The standard InChI is InChI=1S/C7H7N2S/c1-2-5-3-6-7(9-5)8-4-10-6/h3-4,9H,1-2H2. The molecule has 2 heterocycles. The summed E-state index contributed by atoms with van der Waals surface area (Å²) in [5.74, 6) is 0. The maximum absolute atomic E-state index is 4.12. The van der Waals surface area contributed by atoms with E-state index in [0.29, 0.717) is 0 Å². The van der Waals surface area contributed by atoms with Crippen LogP contribution in [-0.4, -0.2) is 9.97 Å². The van der Waals surface area contributed by atoms with Crippen molar-refractivity contribution in [3.05, 3.63) is 24.2 Å². The van der Waals surface area contributed by atoms with Crippen molar-refractivity contribution in [1.82, 2.24) is 9.97 Å². The molecule has 2 aromatic heterocycles. The first-order valence-electron chi connectivity index (χ1n) is 3.10. The highest BCUT2D eigenvalue weighted by Crippen LogP contribution is 2.18. The second kappa shape index (κ2) is 2.09. The lowest BCUT2D eigenvalue weighted by Gasteiger charge is -1.82. The average molecular weight is 151 g/mol. The first kappa shape index (κ1) is 5.92. The zero-order valence-corrected chi connectivity index (χ0v) is 6.24. The second-order valence-corrected chi connectivity index (χ2v) is 3.00. The first-order chi connectivity index (χ1) is 4.90. The first-order valence-corrected chi connectivity index (χ1v) is 3.98. The second-order valence-electron chi connectivity index (χ2n) is 2.11. The zero-order chi connectivity index (χ0) is 6.97. The van der Waals surface area contributed by atoms with Crippen LogP contribution in [0.15, 0.2) is 11.6 Å². The number of nitrogens with one attached hydrogen (secondary N) is 1. The predicted octanol–water partition coefficient (Wildman–Crippen LogP) is 2.00. The van der Waals surface area contributed by atoms with E-state index in [1.54, 1.807) is 11.3 Å². The van der Waals surface area contributed by atoms with Gasteiger partial charge in [-0.1, -0.05) is 0 Å². The number of hydrogen-bond donors (Lipinski definition) is 1. The number of aromatic nitrogens is 2. The summed E-state index contributed by atoms with van der Waals surface area (Å²) >= 11 is 1.65. The smallest absolute Gasteiger partial charge is 0.148 e. The molecule has 0 aromatic carbocycles. The summed E-state index contributed by atoms with van der Waals surface area (Å²) in [6, 6.07) is 2.10. The number of H-pyrrole nitrogens is 1. The Morgan fingerprint density at radius 3 is 3.30 bits per heavy atom. The highest BCUT2D eigenvalue weighted by molar-refractivity contribution is 7.16. The van der Waals surface area contributed by atoms with Crippen molar-refractivity contribution in [3.8, 4) is 0 Å². The van der Waals surface area contributed by atoms with Gasteiger partial charge in [0.2, 0.25) is 0 Å². The molecule has 0 aliphatic rings. The Kier molecular flexibility index (Phi) is 1.24. The minimum atomic E-state index is 0.809. The normalized spacial score (nSPS) is 10.9. The van der Waals surface area contributed by atoms with E-state index in [4.69, 9.17) is 0 Å². The SMILES string of the molecule is [CH2]Cc1cc2scnc2[nH]1. The fourth-order valence-electron chi connectivity index (χ4n) is 0.933. The highest BCUT2D eigenvalue weighted by atomic mass is 32.1. The van der Waals surface area contributed by atoms with Gasteiger partial charge in [-0.3, -0.25) is 0 Å². The molecule has 1 N–H and O–H groups in total. The molecule has 1 radical (unpaired) electrons. The summed E-state index contributed by atoms with van der Waals surface area (Å²) in [5.41, 5.74) is 3.99. The monoisotopic (exact) mass is 151 g/mol. The van der Waals surface area contributed by atoms with Crippen LogP contribution < -0.4 is 0 Å². The van der Waals surface area contributed by atoms with E-state index in [2.05, 4.69) is 23.0 Å². The Labute approximate surface area is 62.9 Å². The number of aromatic amines is 1. The average Bonchev–Trinajstić information content (AvgIpc) is 2.42. The van der Waals surface area contributed by atoms with Gasteiger partial charge in [0.05, 0.1) is 10.2 Å². The molecule has 0 aliphatic heterocycles. The van der Waals surface area contributed by atoms with Crippen molar-refractivity contribution in [2.24, 2.45) is 0 Å². The molecule has 0 unspecified atom stereocenters. The number of hydrogen-bond acceptors (Lipinski definition) is 2. The third-order valence-corrected chi connectivity index (χ3v) is 2.22. The summed E-state index contributed by atoms with van der Waals surface area (Å²) < 4.78 is 1.22. The van der Waals surface area contributed by atoms with Crippen molar-refractivity contribution in [3.63, 3.8) is 0 Å². The van der Waals surface area contributed by atoms with Crippen LogP contribution in [0.2, 0.25) is 0 Å². The lowest BCUT2D eigenvalue weighted by molar-refractivity contribution is 1.15. The molecule has 3 heteroatoms. The molecular weight excluding hydrogens is 144 g/mol. The molecule has 51 valence electrons. The van der Waals surface area contributed by atoms with Crippen LogP contribution in [0.3, 0.4) is 0 Å². The molecule has 10 heavy (non-hydrogen) atoms. The lowest BCUT2D eigenvalue weighted by atomic mass is 10.3. The largest absolute Gasteiger partial charge is 0.343 e.